The number of carboxylic acids is 1. The molecule has 2 atom stereocenters. The van der Waals surface area contributed by atoms with E-state index in [-0.39, 0.29) is 5.92 Å². The molecule has 0 saturated carbocycles. The van der Waals surface area contributed by atoms with E-state index in [1.165, 1.54) is 0 Å². The number of rotatable bonds is 2. The zero-order chi connectivity index (χ0) is 10.1. The Morgan fingerprint density at radius 2 is 2.38 bits per heavy atom. The van der Waals surface area contributed by atoms with E-state index in [0.717, 1.165) is 5.57 Å². The summed E-state index contributed by atoms with van der Waals surface area (Å²) in [6.07, 6.45) is 7.24. The second kappa shape index (κ2) is 3.21. The fraction of sp³-hybridized carbons (Fsp3) is 0.364. The van der Waals surface area contributed by atoms with Gasteiger partial charge in [-0.1, -0.05) is 37.8 Å². The van der Waals surface area contributed by atoms with Crippen molar-refractivity contribution in [3.8, 4) is 0 Å². The fourth-order valence-corrected chi connectivity index (χ4v) is 1.36. The minimum absolute atomic E-state index is 0.0219. The molecule has 0 heterocycles. The van der Waals surface area contributed by atoms with Crippen LogP contribution >= 0.6 is 0 Å². The average molecular weight is 178 g/mol. The van der Waals surface area contributed by atoms with E-state index in [4.69, 9.17) is 5.11 Å². The third-order valence-corrected chi connectivity index (χ3v) is 2.69. The molecule has 0 bridgehead atoms. The van der Waals surface area contributed by atoms with Crippen molar-refractivity contribution in [2.24, 2.45) is 11.3 Å². The molecule has 2 heteroatoms. The van der Waals surface area contributed by atoms with Gasteiger partial charge in [-0.25, -0.2) is 0 Å². The molecule has 1 N–H and O–H groups in total. The molecule has 0 aromatic carbocycles. The Kier molecular flexibility index (Phi) is 2.41. The lowest BCUT2D eigenvalue weighted by Crippen LogP contribution is -2.33. The highest BCUT2D eigenvalue weighted by Crippen LogP contribution is 2.35. The Morgan fingerprint density at radius 3 is 2.85 bits per heavy atom. The van der Waals surface area contributed by atoms with Crippen LogP contribution < -0.4 is 0 Å². The standard InChI is InChI=1S/C11H14O2/c1-4-9-6-5-8(2)11(3,7-9)10(12)13/h4-8H,1H2,2-3H3,(H,12,13). The summed E-state index contributed by atoms with van der Waals surface area (Å²) in [7, 11) is 0. The number of hydrogen-bond donors (Lipinski definition) is 1. The van der Waals surface area contributed by atoms with Crippen LogP contribution in [0.2, 0.25) is 0 Å². The van der Waals surface area contributed by atoms with E-state index in [9.17, 15) is 4.79 Å². The summed E-state index contributed by atoms with van der Waals surface area (Å²) in [5.41, 5.74) is 0.0844. The maximum atomic E-state index is 11.0. The lowest BCUT2D eigenvalue weighted by molar-refractivity contribution is -0.146. The Balaban J connectivity index is 3.10. The van der Waals surface area contributed by atoms with Crippen molar-refractivity contribution in [3.63, 3.8) is 0 Å². The van der Waals surface area contributed by atoms with Crippen LogP contribution in [-0.2, 0) is 4.79 Å². The zero-order valence-corrected chi connectivity index (χ0v) is 7.95. The first-order chi connectivity index (χ1) is 6.00. The fourth-order valence-electron chi connectivity index (χ4n) is 1.36. The zero-order valence-electron chi connectivity index (χ0n) is 7.95. The van der Waals surface area contributed by atoms with Crippen LogP contribution in [0.15, 0.2) is 36.5 Å². The van der Waals surface area contributed by atoms with Crippen LogP contribution in [0.3, 0.4) is 0 Å². The number of hydrogen-bond acceptors (Lipinski definition) is 1. The Hall–Kier alpha value is -1.31. The molecule has 1 rings (SSSR count). The van der Waals surface area contributed by atoms with Gasteiger partial charge in [-0.3, -0.25) is 4.79 Å². The molecule has 0 fully saturated rings. The van der Waals surface area contributed by atoms with Crippen LogP contribution in [0.5, 0.6) is 0 Å². The highest BCUT2D eigenvalue weighted by molar-refractivity contribution is 5.78. The Labute approximate surface area is 78.3 Å². The van der Waals surface area contributed by atoms with Gasteiger partial charge in [-0.2, -0.15) is 0 Å². The van der Waals surface area contributed by atoms with Crippen molar-refractivity contribution in [2.75, 3.05) is 0 Å². The highest BCUT2D eigenvalue weighted by Gasteiger charge is 2.37. The maximum absolute atomic E-state index is 11.0. The van der Waals surface area contributed by atoms with E-state index < -0.39 is 11.4 Å². The predicted molar refractivity (Wildman–Crippen MR) is 52.3 cm³/mol. The normalized spacial score (nSPS) is 32.5. The van der Waals surface area contributed by atoms with Gasteiger partial charge in [-0.05, 0) is 18.4 Å². The molecule has 0 aliphatic heterocycles. The van der Waals surface area contributed by atoms with Gasteiger partial charge in [0.1, 0.15) is 0 Å². The first-order valence-corrected chi connectivity index (χ1v) is 4.27. The number of allylic oxidation sites excluding steroid dienone is 4. The molecule has 0 amide bonds. The van der Waals surface area contributed by atoms with Gasteiger partial charge < -0.3 is 5.11 Å². The minimum Gasteiger partial charge on any atom is -0.481 e. The Bertz CT molecular complexity index is 299. The quantitative estimate of drug-likeness (QED) is 0.705. The highest BCUT2D eigenvalue weighted by atomic mass is 16.4. The molecule has 70 valence electrons. The SMILES string of the molecule is C=CC1=CC(C)(C(=O)O)C(C)C=C1. The van der Waals surface area contributed by atoms with Gasteiger partial charge in [0.2, 0.25) is 0 Å². The first-order valence-electron chi connectivity index (χ1n) is 4.27. The monoisotopic (exact) mass is 178 g/mol. The predicted octanol–water partition coefficient (Wildman–Crippen LogP) is 2.40. The van der Waals surface area contributed by atoms with E-state index in [2.05, 4.69) is 6.58 Å². The summed E-state index contributed by atoms with van der Waals surface area (Å²) >= 11 is 0. The molecule has 13 heavy (non-hydrogen) atoms. The molecule has 0 aromatic rings. The van der Waals surface area contributed by atoms with Crippen LogP contribution in [0.1, 0.15) is 13.8 Å². The van der Waals surface area contributed by atoms with E-state index in [1.54, 1.807) is 19.1 Å². The summed E-state index contributed by atoms with van der Waals surface area (Å²) in [4.78, 5) is 11.0. The molecule has 2 unspecified atom stereocenters. The first kappa shape index (κ1) is 9.78. The summed E-state index contributed by atoms with van der Waals surface area (Å²) < 4.78 is 0. The van der Waals surface area contributed by atoms with Crippen molar-refractivity contribution in [1.29, 1.82) is 0 Å². The lowest BCUT2D eigenvalue weighted by Gasteiger charge is -2.29. The topological polar surface area (TPSA) is 37.3 Å². The molecule has 1 aliphatic carbocycles. The van der Waals surface area contributed by atoms with Gasteiger partial charge in [0.05, 0.1) is 5.41 Å². The average Bonchev–Trinajstić information content (AvgIpc) is 2.09. The van der Waals surface area contributed by atoms with Gasteiger partial charge in [0.15, 0.2) is 0 Å². The molecule has 1 aliphatic rings. The van der Waals surface area contributed by atoms with E-state index in [0.29, 0.717) is 0 Å². The molecule has 0 aromatic heterocycles. The van der Waals surface area contributed by atoms with Gasteiger partial charge >= 0.3 is 5.97 Å². The van der Waals surface area contributed by atoms with Crippen molar-refractivity contribution in [2.45, 2.75) is 13.8 Å². The summed E-state index contributed by atoms with van der Waals surface area (Å²) in [5.74, 6) is -0.766. The van der Waals surface area contributed by atoms with E-state index >= 15 is 0 Å². The summed E-state index contributed by atoms with van der Waals surface area (Å²) in [5, 5.41) is 9.07. The van der Waals surface area contributed by atoms with Gasteiger partial charge in [-0.15, -0.1) is 0 Å². The molecular formula is C11H14O2. The van der Waals surface area contributed by atoms with Crippen LogP contribution in [0.25, 0.3) is 0 Å². The molecule has 0 spiro atoms. The maximum Gasteiger partial charge on any atom is 0.313 e. The van der Waals surface area contributed by atoms with Crippen molar-refractivity contribution in [1.82, 2.24) is 0 Å². The molecular weight excluding hydrogens is 164 g/mol. The third-order valence-electron chi connectivity index (χ3n) is 2.69. The van der Waals surface area contributed by atoms with Crippen molar-refractivity contribution < 1.29 is 9.90 Å². The lowest BCUT2D eigenvalue weighted by atomic mass is 9.74. The number of carbonyl (C=O) groups is 1. The molecule has 2 nitrogen and oxygen atoms in total. The third kappa shape index (κ3) is 1.57. The number of aliphatic carboxylic acids is 1. The van der Waals surface area contributed by atoms with Crippen LogP contribution in [0.4, 0.5) is 0 Å². The van der Waals surface area contributed by atoms with Gasteiger partial charge in [0, 0.05) is 0 Å². The van der Waals surface area contributed by atoms with Crippen LogP contribution in [-0.4, -0.2) is 11.1 Å². The smallest absolute Gasteiger partial charge is 0.313 e. The minimum atomic E-state index is -0.793. The molecule has 0 radical (unpaired) electrons. The number of carboxylic acid groups (broad SMARTS) is 1. The summed E-state index contributed by atoms with van der Waals surface area (Å²) in [6, 6.07) is 0. The second-order valence-corrected chi connectivity index (χ2v) is 3.58. The van der Waals surface area contributed by atoms with Crippen LogP contribution in [0, 0.1) is 11.3 Å². The van der Waals surface area contributed by atoms with E-state index in [1.807, 2.05) is 19.1 Å². The summed E-state index contributed by atoms with van der Waals surface area (Å²) in [6.45, 7) is 7.25. The van der Waals surface area contributed by atoms with Crippen molar-refractivity contribution in [3.05, 3.63) is 36.5 Å². The Morgan fingerprint density at radius 1 is 1.77 bits per heavy atom. The van der Waals surface area contributed by atoms with Crippen molar-refractivity contribution >= 4 is 5.97 Å². The second-order valence-electron chi connectivity index (χ2n) is 3.58. The molecule has 0 saturated heterocycles. The van der Waals surface area contributed by atoms with Gasteiger partial charge in [0.25, 0.3) is 0 Å². The largest absolute Gasteiger partial charge is 0.481 e.